The monoisotopic (exact) mass is 284 g/mol. The summed E-state index contributed by atoms with van der Waals surface area (Å²) in [5.74, 6) is 2.17. The van der Waals surface area contributed by atoms with Gasteiger partial charge in [0.25, 0.3) is 0 Å². The Morgan fingerprint density at radius 2 is 1.86 bits per heavy atom. The van der Waals surface area contributed by atoms with Crippen LogP contribution in [-0.2, 0) is 9.59 Å². The van der Waals surface area contributed by atoms with E-state index in [-0.39, 0.29) is 23.8 Å². The van der Waals surface area contributed by atoms with Gasteiger partial charge in [-0.25, -0.2) is 0 Å². The first-order chi connectivity index (χ1) is 9.86. The number of hydrogen-bond acceptors (Lipinski definition) is 2. The molecular formula is C17H20N2O2. The van der Waals surface area contributed by atoms with Crippen molar-refractivity contribution >= 4 is 11.8 Å². The molecule has 1 aliphatic rings. The third-order valence-corrected chi connectivity index (χ3v) is 3.62. The molecule has 110 valence electrons. The summed E-state index contributed by atoms with van der Waals surface area (Å²) in [5, 5.41) is 2.84. The number of benzene rings is 1. The molecule has 2 amide bonds. The predicted molar refractivity (Wildman–Crippen MR) is 81.1 cm³/mol. The minimum absolute atomic E-state index is 0.123. The second-order valence-corrected chi connectivity index (χ2v) is 6.29. The van der Waals surface area contributed by atoms with E-state index in [1.165, 1.54) is 4.90 Å². The number of terminal acetylenes is 1. The van der Waals surface area contributed by atoms with Gasteiger partial charge in [0.15, 0.2) is 0 Å². The third kappa shape index (κ3) is 2.92. The Kier molecular flexibility index (Phi) is 4.04. The van der Waals surface area contributed by atoms with Gasteiger partial charge in [-0.15, -0.1) is 6.42 Å². The fourth-order valence-corrected chi connectivity index (χ4v) is 2.54. The van der Waals surface area contributed by atoms with E-state index in [1.807, 2.05) is 51.1 Å². The van der Waals surface area contributed by atoms with Crippen molar-refractivity contribution in [1.82, 2.24) is 10.2 Å². The molecule has 2 atom stereocenters. The van der Waals surface area contributed by atoms with Gasteiger partial charge in [0.2, 0.25) is 11.8 Å². The summed E-state index contributed by atoms with van der Waals surface area (Å²) < 4.78 is 0. The zero-order chi connectivity index (χ0) is 15.6. The molecule has 1 heterocycles. The second-order valence-electron chi connectivity index (χ2n) is 6.29. The number of nitrogens with zero attached hydrogens (tertiary/aromatic N) is 1. The lowest BCUT2D eigenvalue weighted by Crippen LogP contribution is -2.63. The fourth-order valence-electron chi connectivity index (χ4n) is 2.54. The van der Waals surface area contributed by atoms with Crippen LogP contribution in [-0.4, -0.2) is 29.3 Å². The Morgan fingerprint density at radius 3 is 2.38 bits per heavy atom. The summed E-state index contributed by atoms with van der Waals surface area (Å²) in [6.07, 6.45) is 5.39. The highest BCUT2D eigenvalue weighted by Crippen LogP contribution is 2.31. The largest absolute Gasteiger partial charge is 0.342 e. The van der Waals surface area contributed by atoms with Crippen molar-refractivity contribution in [3.8, 4) is 12.3 Å². The standard InChI is InChI=1S/C17H20N2O2/c1-5-11-19-13(12-9-7-6-8-10-12)15(20)18-14(16(19)21)17(2,3)4/h1,6-10,13-14H,11H2,2-4H3,(H,18,20). The summed E-state index contributed by atoms with van der Waals surface area (Å²) in [4.78, 5) is 26.7. The number of hydrogen-bond donors (Lipinski definition) is 1. The number of amides is 2. The predicted octanol–water partition coefficient (Wildman–Crippen LogP) is 1.73. The van der Waals surface area contributed by atoms with Gasteiger partial charge in [0.05, 0.1) is 6.54 Å². The molecule has 2 unspecified atom stereocenters. The lowest BCUT2D eigenvalue weighted by atomic mass is 9.83. The van der Waals surface area contributed by atoms with Crippen molar-refractivity contribution in [3.05, 3.63) is 35.9 Å². The van der Waals surface area contributed by atoms with Crippen molar-refractivity contribution in [3.63, 3.8) is 0 Å². The van der Waals surface area contributed by atoms with Crippen molar-refractivity contribution in [2.75, 3.05) is 6.54 Å². The molecule has 1 saturated heterocycles. The maximum Gasteiger partial charge on any atom is 0.248 e. The first-order valence-electron chi connectivity index (χ1n) is 6.95. The summed E-state index contributed by atoms with van der Waals surface area (Å²) >= 11 is 0. The molecule has 1 aliphatic heterocycles. The topological polar surface area (TPSA) is 49.4 Å². The van der Waals surface area contributed by atoms with Gasteiger partial charge < -0.3 is 10.2 Å². The van der Waals surface area contributed by atoms with Crippen LogP contribution in [0.1, 0.15) is 32.4 Å². The van der Waals surface area contributed by atoms with Crippen LogP contribution in [0, 0.1) is 17.8 Å². The number of carbonyl (C=O) groups excluding carboxylic acids is 2. The zero-order valence-electron chi connectivity index (χ0n) is 12.6. The van der Waals surface area contributed by atoms with E-state index in [0.717, 1.165) is 5.56 Å². The molecule has 2 rings (SSSR count). The van der Waals surface area contributed by atoms with Crippen LogP contribution >= 0.6 is 0 Å². The van der Waals surface area contributed by atoms with Gasteiger partial charge >= 0.3 is 0 Å². The van der Waals surface area contributed by atoms with E-state index in [2.05, 4.69) is 11.2 Å². The van der Waals surface area contributed by atoms with Gasteiger partial charge in [-0.1, -0.05) is 57.0 Å². The first kappa shape index (κ1) is 15.1. The molecule has 1 aromatic carbocycles. The van der Waals surface area contributed by atoms with E-state index >= 15 is 0 Å². The second kappa shape index (κ2) is 5.61. The number of piperazine rings is 1. The van der Waals surface area contributed by atoms with E-state index in [0.29, 0.717) is 0 Å². The van der Waals surface area contributed by atoms with Crippen molar-refractivity contribution < 1.29 is 9.59 Å². The lowest BCUT2D eigenvalue weighted by molar-refractivity contribution is -0.152. The Balaban J connectivity index is 2.41. The average molecular weight is 284 g/mol. The summed E-state index contributed by atoms with van der Waals surface area (Å²) in [5.41, 5.74) is 0.410. The van der Waals surface area contributed by atoms with E-state index in [1.54, 1.807) is 0 Å². The van der Waals surface area contributed by atoms with E-state index in [9.17, 15) is 9.59 Å². The highest BCUT2D eigenvalue weighted by atomic mass is 16.2. The molecule has 21 heavy (non-hydrogen) atoms. The molecule has 0 bridgehead atoms. The van der Waals surface area contributed by atoms with Crippen LogP contribution in [0.2, 0.25) is 0 Å². The van der Waals surface area contributed by atoms with Gasteiger partial charge in [-0.3, -0.25) is 9.59 Å². The van der Waals surface area contributed by atoms with Crippen molar-refractivity contribution in [2.24, 2.45) is 5.41 Å². The number of rotatable bonds is 2. The Hall–Kier alpha value is -2.28. The molecule has 4 heteroatoms. The minimum atomic E-state index is -0.659. The van der Waals surface area contributed by atoms with Gasteiger partial charge in [-0.05, 0) is 11.0 Å². The van der Waals surface area contributed by atoms with E-state index in [4.69, 9.17) is 6.42 Å². The maximum absolute atomic E-state index is 12.7. The van der Waals surface area contributed by atoms with Crippen LogP contribution in [0.25, 0.3) is 0 Å². The van der Waals surface area contributed by atoms with Crippen molar-refractivity contribution in [1.29, 1.82) is 0 Å². The van der Waals surface area contributed by atoms with Crippen LogP contribution in [0.5, 0.6) is 0 Å². The normalized spacial score (nSPS) is 22.7. The highest BCUT2D eigenvalue weighted by Gasteiger charge is 2.45. The van der Waals surface area contributed by atoms with Crippen LogP contribution in [0.15, 0.2) is 30.3 Å². The Labute approximate surface area is 125 Å². The molecule has 0 spiro atoms. The zero-order valence-corrected chi connectivity index (χ0v) is 12.6. The highest BCUT2D eigenvalue weighted by molar-refractivity contribution is 5.98. The first-order valence-corrected chi connectivity index (χ1v) is 6.95. The minimum Gasteiger partial charge on any atom is -0.342 e. The molecule has 0 saturated carbocycles. The van der Waals surface area contributed by atoms with E-state index < -0.39 is 12.1 Å². The quantitative estimate of drug-likeness (QED) is 0.841. The molecule has 0 radical (unpaired) electrons. The molecule has 1 N–H and O–H groups in total. The average Bonchev–Trinajstić information content (AvgIpc) is 2.42. The Bertz CT molecular complexity index is 581. The summed E-state index contributed by atoms with van der Waals surface area (Å²) in [7, 11) is 0. The van der Waals surface area contributed by atoms with Gasteiger partial charge in [0, 0.05) is 0 Å². The molecule has 1 aromatic rings. The fraction of sp³-hybridized carbons (Fsp3) is 0.412. The third-order valence-electron chi connectivity index (χ3n) is 3.62. The smallest absolute Gasteiger partial charge is 0.248 e. The number of nitrogens with one attached hydrogen (secondary N) is 1. The lowest BCUT2D eigenvalue weighted by Gasteiger charge is -2.42. The molecule has 4 nitrogen and oxygen atoms in total. The molecule has 1 fully saturated rings. The Morgan fingerprint density at radius 1 is 1.24 bits per heavy atom. The van der Waals surface area contributed by atoms with Crippen LogP contribution < -0.4 is 5.32 Å². The van der Waals surface area contributed by atoms with Crippen LogP contribution in [0.4, 0.5) is 0 Å². The van der Waals surface area contributed by atoms with Gasteiger partial charge in [0.1, 0.15) is 12.1 Å². The molecular weight excluding hydrogens is 264 g/mol. The van der Waals surface area contributed by atoms with Crippen LogP contribution in [0.3, 0.4) is 0 Å². The molecule has 0 aromatic heterocycles. The van der Waals surface area contributed by atoms with Gasteiger partial charge in [-0.2, -0.15) is 0 Å². The summed E-state index contributed by atoms with van der Waals surface area (Å²) in [6.45, 7) is 5.89. The van der Waals surface area contributed by atoms with Crippen molar-refractivity contribution in [2.45, 2.75) is 32.9 Å². The molecule has 0 aliphatic carbocycles. The number of carbonyl (C=O) groups is 2. The SMILES string of the molecule is C#CCN1C(=O)C(C(C)(C)C)NC(=O)C1c1ccccc1. The summed E-state index contributed by atoms with van der Waals surface area (Å²) in [6, 6.07) is 8.01. The maximum atomic E-state index is 12.7.